The average Bonchev–Trinajstić information content (AvgIpc) is 2.72. The Hall–Kier alpha value is -1.43. The monoisotopic (exact) mass is 284 g/mol. The van der Waals surface area contributed by atoms with Gasteiger partial charge in [-0.25, -0.2) is 4.98 Å². The van der Waals surface area contributed by atoms with Crippen molar-refractivity contribution < 1.29 is 14.7 Å². The first kappa shape index (κ1) is 15.6. The Labute approximate surface area is 117 Å². The summed E-state index contributed by atoms with van der Waals surface area (Å²) in [6, 6.07) is 0. The zero-order valence-electron chi connectivity index (χ0n) is 11.5. The van der Waals surface area contributed by atoms with Gasteiger partial charge in [-0.05, 0) is 33.6 Å². The van der Waals surface area contributed by atoms with Gasteiger partial charge in [0.1, 0.15) is 0 Å². The highest BCUT2D eigenvalue weighted by Crippen LogP contribution is 2.13. The number of carboxylic acid groups (broad SMARTS) is 1. The van der Waals surface area contributed by atoms with Gasteiger partial charge in [0.15, 0.2) is 0 Å². The molecule has 19 heavy (non-hydrogen) atoms. The summed E-state index contributed by atoms with van der Waals surface area (Å²) >= 11 is 1.60. The van der Waals surface area contributed by atoms with Crippen molar-refractivity contribution in [3.05, 3.63) is 16.1 Å². The first-order valence-electron chi connectivity index (χ1n) is 6.22. The van der Waals surface area contributed by atoms with Crippen LogP contribution in [0.5, 0.6) is 0 Å². The molecule has 0 spiro atoms. The lowest BCUT2D eigenvalue weighted by molar-refractivity contribution is -0.146. The van der Waals surface area contributed by atoms with Crippen LogP contribution in [0.2, 0.25) is 0 Å². The highest BCUT2D eigenvalue weighted by Gasteiger charge is 2.27. The first-order chi connectivity index (χ1) is 8.81. The van der Waals surface area contributed by atoms with Gasteiger partial charge in [-0.2, -0.15) is 0 Å². The van der Waals surface area contributed by atoms with Gasteiger partial charge in [0.05, 0.1) is 16.1 Å². The number of hydrogen-bond donors (Lipinski definition) is 2. The van der Waals surface area contributed by atoms with E-state index >= 15 is 0 Å². The fourth-order valence-electron chi connectivity index (χ4n) is 1.44. The molecule has 0 radical (unpaired) electrons. The molecule has 0 aliphatic carbocycles. The maximum atomic E-state index is 11.6. The maximum Gasteiger partial charge on any atom is 0.310 e. The standard InChI is InChI=1S/C13H20N2O3S/c1-9-15-10(7-19-9)5-4-6-11(16)14-8-13(2,3)12(17)18/h7H,4-6,8H2,1-3H3,(H,14,16)(H,17,18). The van der Waals surface area contributed by atoms with E-state index < -0.39 is 11.4 Å². The molecule has 5 nitrogen and oxygen atoms in total. The number of nitrogens with zero attached hydrogens (tertiary/aromatic N) is 1. The normalized spacial score (nSPS) is 11.3. The summed E-state index contributed by atoms with van der Waals surface area (Å²) in [4.78, 5) is 26.8. The minimum absolute atomic E-state index is 0.110. The second-order valence-electron chi connectivity index (χ2n) is 5.18. The molecule has 0 unspecified atom stereocenters. The molecule has 0 bridgehead atoms. The Kier molecular flexibility index (Phi) is 5.47. The fraction of sp³-hybridized carbons (Fsp3) is 0.615. The van der Waals surface area contributed by atoms with Crippen LogP contribution < -0.4 is 5.32 Å². The maximum absolute atomic E-state index is 11.6. The number of nitrogens with one attached hydrogen (secondary N) is 1. The number of hydrogen-bond acceptors (Lipinski definition) is 4. The molecule has 0 aliphatic rings. The van der Waals surface area contributed by atoms with Gasteiger partial charge in [0, 0.05) is 18.3 Å². The van der Waals surface area contributed by atoms with Crippen molar-refractivity contribution in [2.45, 2.75) is 40.0 Å². The molecule has 106 valence electrons. The predicted molar refractivity (Wildman–Crippen MR) is 74.2 cm³/mol. The molecular weight excluding hydrogens is 264 g/mol. The third-order valence-electron chi connectivity index (χ3n) is 2.81. The topological polar surface area (TPSA) is 79.3 Å². The minimum atomic E-state index is -0.929. The van der Waals surface area contributed by atoms with Crippen LogP contribution in [0.25, 0.3) is 0 Å². The van der Waals surface area contributed by atoms with E-state index in [1.165, 1.54) is 0 Å². The number of amides is 1. The number of rotatable bonds is 7. The van der Waals surface area contributed by atoms with Crippen LogP contribution in [0.4, 0.5) is 0 Å². The van der Waals surface area contributed by atoms with Crippen molar-refractivity contribution in [2.75, 3.05) is 6.54 Å². The van der Waals surface area contributed by atoms with Gasteiger partial charge in [0.2, 0.25) is 5.91 Å². The molecule has 0 atom stereocenters. The number of carboxylic acids is 1. The Morgan fingerprint density at radius 1 is 1.47 bits per heavy atom. The summed E-state index contributed by atoms with van der Waals surface area (Å²) in [5, 5.41) is 14.6. The van der Waals surface area contributed by atoms with Crippen molar-refractivity contribution in [2.24, 2.45) is 5.41 Å². The van der Waals surface area contributed by atoms with E-state index in [2.05, 4.69) is 10.3 Å². The molecule has 1 rings (SSSR count). The Morgan fingerprint density at radius 2 is 2.16 bits per heavy atom. The second kappa shape index (κ2) is 6.65. The molecule has 0 aromatic carbocycles. The summed E-state index contributed by atoms with van der Waals surface area (Å²) in [5.41, 5.74) is 0.0861. The van der Waals surface area contributed by atoms with E-state index in [9.17, 15) is 9.59 Å². The minimum Gasteiger partial charge on any atom is -0.481 e. The lowest BCUT2D eigenvalue weighted by Gasteiger charge is -2.19. The number of carbonyl (C=O) groups excluding carboxylic acids is 1. The van der Waals surface area contributed by atoms with Crippen molar-refractivity contribution in [3.63, 3.8) is 0 Å². The summed E-state index contributed by atoms with van der Waals surface area (Å²) < 4.78 is 0. The van der Waals surface area contributed by atoms with E-state index in [0.717, 1.165) is 23.5 Å². The first-order valence-corrected chi connectivity index (χ1v) is 7.10. The molecular formula is C13H20N2O3S. The summed E-state index contributed by atoms with van der Waals surface area (Å²) in [6.45, 7) is 5.28. The smallest absolute Gasteiger partial charge is 0.310 e. The van der Waals surface area contributed by atoms with Crippen LogP contribution in [-0.2, 0) is 16.0 Å². The number of aromatic nitrogens is 1. The largest absolute Gasteiger partial charge is 0.481 e. The van der Waals surface area contributed by atoms with Gasteiger partial charge in [-0.3, -0.25) is 9.59 Å². The highest BCUT2D eigenvalue weighted by atomic mass is 32.1. The van der Waals surface area contributed by atoms with Crippen molar-refractivity contribution in [1.82, 2.24) is 10.3 Å². The van der Waals surface area contributed by atoms with Gasteiger partial charge < -0.3 is 10.4 Å². The highest BCUT2D eigenvalue weighted by molar-refractivity contribution is 7.09. The Bertz CT molecular complexity index is 454. The lowest BCUT2D eigenvalue weighted by Crippen LogP contribution is -2.38. The fourth-order valence-corrected chi connectivity index (χ4v) is 2.08. The Morgan fingerprint density at radius 3 is 2.68 bits per heavy atom. The molecule has 1 amide bonds. The van der Waals surface area contributed by atoms with Crippen LogP contribution in [0.15, 0.2) is 5.38 Å². The third kappa shape index (κ3) is 5.38. The second-order valence-corrected chi connectivity index (χ2v) is 6.24. The summed E-state index contributed by atoms with van der Waals surface area (Å²) in [7, 11) is 0. The molecule has 1 aromatic heterocycles. The molecule has 0 saturated heterocycles. The van der Waals surface area contributed by atoms with Crippen LogP contribution in [0, 0.1) is 12.3 Å². The van der Waals surface area contributed by atoms with Crippen molar-refractivity contribution in [3.8, 4) is 0 Å². The molecule has 0 saturated carbocycles. The Balaban J connectivity index is 2.23. The van der Waals surface area contributed by atoms with Gasteiger partial charge >= 0.3 is 5.97 Å². The molecule has 1 aromatic rings. The quantitative estimate of drug-likeness (QED) is 0.802. The van der Waals surface area contributed by atoms with E-state index in [1.54, 1.807) is 25.2 Å². The van der Waals surface area contributed by atoms with Crippen molar-refractivity contribution >= 4 is 23.2 Å². The molecule has 6 heteroatoms. The lowest BCUT2D eigenvalue weighted by atomic mass is 9.94. The van der Waals surface area contributed by atoms with Crippen LogP contribution in [-0.4, -0.2) is 28.5 Å². The summed E-state index contributed by atoms with van der Waals surface area (Å²) in [5.74, 6) is -1.02. The number of carbonyl (C=O) groups is 2. The van der Waals surface area contributed by atoms with E-state index in [0.29, 0.717) is 6.42 Å². The number of aliphatic carboxylic acids is 1. The van der Waals surface area contributed by atoms with Gasteiger partial charge in [-0.15, -0.1) is 11.3 Å². The van der Waals surface area contributed by atoms with Crippen LogP contribution >= 0.6 is 11.3 Å². The third-order valence-corrected chi connectivity index (χ3v) is 3.63. The zero-order chi connectivity index (χ0) is 14.5. The molecule has 0 fully saturated rings. The van der Waals surface area contributed by atoms with Crippen LogP contribution in [0.3, 0.4) is 0 Å². The van der Waals surface area contributed by atoms with Crippen LogP contribution in [0.1, 0.15) is 37.4 Å². The summed E-state index contributed by atoms with van der Waals surface area (Å²) in [6.07, 6.45) is 1.90. The molecule has 2 N–H and O–H groups in total. The van der Waals surface area contributed by atoms with E-state index in [1.807, 2.05) is 12.3 Å². The number of aryl methyl sites for hydroxylation is 2. The zero-order valence-corrected chi connectivity index (χ0v) is 12.3. The van der Waals surface area contributed by atoms with Crippen molar-refractivity contribution in [1.29, 1.82) is 0 Å². The van der Waals surface area contributed by atoms with Gasteiger partial charge in [-0.1, -0.05) is 0 Å². The van der Waals surface area contributed by atoms with E-state index in [-0.39, 0.29) is 12.5 Å². The van der Waals surface area contributed by atoms with E-state index in [4.69, 9.17) is 5.11 Å². The molecule has 1 heterocycles. The predicted octanol–water partition coefficient (Wildman–Crippen LogP) is 2.00. The average molecular weight is 284 g/mol. The number of thiazole rings is 1. The van der Waals surface area contributed by atoms with Gasteiger partial charge in [0.25, 0.3) is 0 Å². The SMILES string of the molecule is Cc1nc(CCCC(=O)NCC(C)(C)C(=O)O)cs1. The molecule has 0 aliphatic heterocycles.